The standard InChI is InChI=1S/C21H25.C9H7.C2H6Si.2ClH.Zr/c1-20(2,3)16-9-7-14-11-15-8-10-17(21(4,5)6)13-19(15)18(14)12-16;1-2-5-9-7-3-6-8(9)4-1;1-3-2;;;/h7-13H,1-6H3;1-7H;1-2H3;2*1H;/q2*-1;;;;+4/p-2. The number of halogens is 2. The van der Waals surface area contributed by atoms with Crippen molar-refractivity contribution >= 4 is 41.8 Å². The quantitative estimate of drug-likeness (QED) is 0.185. The van der Waals surface area contributed by atoms with Gasteiger partial charge in [0.1, 0.15) is 0 Å². The number of hydrogen-bond acceptors (Lipinski definition) is 0. The van der Waals surface area contributed by atoms with Crippen LogP contribution in [0.25, 0.3) is 32.3 Å². The fourth-order valence-electron chi connectivity index (χ4n) is 4.00. The van der Waals surface area contributed by atoms with Gasteiger partial charge in [-0.2, -0.15) is 17.5 Å². The minimum Gasteiger partial charge on any atom is -1.00 e. The van der Waals surface area contributed by atoms with Gasteiger partial charge in [0.15, 0.2) is 0 Å². The molecule has 0 N–H and O–H groups in total. The normalized spacial score (nSPS) is 10.8. The summed E-state index contributed by atoms with van der Waals surface area (Å²) < 4.78 is 0. The van der Waals surface area contributed by atoms with E-state index in [0.717, 1.165) is 9.52 Å². The predicted octanol–water partition coefficient (Wildman–Crippen LogP) is 3.66. The first-order valence-electron chi connectivity index (χ1n) is 11.9. The number of fused-ring (bicyclic) bond motifs is 4. The van der Waals surface area contributed by atoms with Crippen LogP contribution in [0.4, 0.5) is 0 Å². The van der Waals surface area contributed by atoms with Crippen molar-refractivity contribution in [3.05, 3.63) is 96.1 Å². The summed E-state index contributed by atoms with van der Waals surface area (Å²) in [5, 5.41) is 8.15. The number of hydrogen-bond donors (Lipinski definition) is 0. The van der Waals surface area contributed by atoms with E-state index in [1.54, 1.807) is 0 Å². The van der Waals surface area contributed by atoms with Crippen LogP contribution in [-0.2, 0) is 37.0 Å². The topological polar surface area (TPSA) is 0 Å². The Morgan fingerprint density at radius 3 is 1.47 bits per heavy atom. The molecule has 0 fully saturated rings. The minimum atomic E-state index is 0. The van der Waals surface area contributed by atoms with Crippen molar-refractivity contribution in [2.24, 2.45) is 0 Å². The molecule has 5 aromatic carbocycles. The van der Waals surface area contributed by atoms with Gasteiger partial charge in [-0.1, -0.05) is 96.1 Å². The first kappa shape index (κ1) is 34.8. The molecule has 0 spiro atoms. The van der Waals surface area contributed by atoms with E-state index in [1.807, 2.05) is 0 Å². The van der Waals surface area contributed by atoms with Crippen LogP contribution in [0.5, 0.6) is 0 Å². The second-order valence-corrected chi connectivity index (χ2v) is 11.9. The second-order valence-electron chi connectivity index (χ2n) is 10.9. The molecule has 0 atom stereocenters. The summed E-state index contributed by atoms with van der Waals surface area (Å²) in [5.41, 5.74) is 3.20. The van der Waals surface area contributed by atoms with Crippen LogP contribution in [0.1, 0.15) is 52.7 Å². The van der Waals surface area contributed by atoms with Gasteiger partial charge in [0.25, 0.3) is 0 Å². The molecular formula is C32H38Cl2SiZr. The van der Waals surface area contributed by atoms with E-state index >= 15 is 0 Å². The van der Waals surface area contributed by atoms with Gasteiger partial charge < -0.3 is 24.8 Å². The molecule has 0 aromatic heterocycles. The summed E-state index contributed by atoms with van der Waals surface area (Å²) in [6.45, 7) is 18.0. The van der Waals surface area contributed by atoms with E-state index in [-0.39, 0.29) is 61.8 Å². The zero-order valence-electron chi connectivity index (χ0n) is 22.8. The Bertz CT molecular complexity index is 1240. The average molecular weight is 613 g/mol. The molecule has 0 aliphatic rings. The minimum absolute atomic E-state index is 0. The summed E-state index contributed by atoms with van der Waals surface area (Å²) in [4.78, 5) is 0. The SMILES string of the molecule is CC(C)(C)c1ccc2[cH-]c3ccc(C(C)(C)C)cc3c2c1.C[Si]C.[Cl-].[Cl-].[Zr+4].c1ccc2[cH-]ccc2c1. The molecule has 0 aliphatic heterocycles. The maximum absolute atomic E-state index is 2.38. The van der Waals surface area contributed by atoms with Gasteiger partial charge in [0.05, 0.1) is 0 Å². The maximum Gasteiger partial charge on any atom is 4.00 e. The Labute approximate surface area is 252 Å². The van der Waals surface area contributed by atoms with Crippen LogP contribution in [0.15, 0.2) is 84.9 Å². The van der Waals surface area contributed by atoms with E-state index in [9.17, 15) is 0 Å². The molecule has 0 saturated carbocycles. The Hall–Kier alpha value is -1.18. The number of benzene rings is 3. The van der Waals surface area contributed by atoms with Crippen LogP contribution in [0.3, 0.4) is 0 Å². The van der Waals surface area contributed by atoms with Gasteiger partial charge in [-0.3, -0.25) is 0 Å². The van der Waals surface area contributed by atoms with Gasteiger partial charge in [-0.25, -0.2) is 0 Å². The zero-order valence-corrected chi connectivity index (χ0v) is 27.8. The zero-order chi connectivity index (χ0) is 24.2. The average Bonchev–Trinajstić information content (AvgIpc) is 3.37. The van der Waals surface area contributed by atoms with Crippen LogP contribution < -0.4 is 24.8 Å². The van der Waals surface area contributed by atoms with Crippen LogP contribution in [0, 0.1) is 0 Å². The number of rotatable bonds is 0. The van der Waals surface area contributed by atoms with Crippen LogP contribution in [-0.4, -0.2) is 9.52 Å². The van der Waals surface area contributed by atoms with Crippen LogP contribution in [0.2, 0.25) is 13.1 Å². The smallest absolute Gasteiger partial charge is 1.00 e. The Morgan fingerprint density at radius 1 is 0.611 bits per heavy atom. The largest absolute Gasteiger partial charge is 4.00 e. The van der Waals surface area contributed by atoms with Crippen molar-refractivity contribution in [3.8, 4) is 0 Å². The van der Waals surface area contributed by atoms with Crippen LogP contribution >= 0.6 is 0 Å². The Balaban J connectivity index is 0.000000688. The molecule has 0 saturated heterocycles. The van der Waals surface area contributed by atoms with E-state index in [0.29, 0.717) is 0 Å². The molecule has 0 amide bonds. The summed E-state index contributed by atoms with van der Waals surface area (Å²) in [5.74, 6) is 0. The molecule has 188 valence electrons. The monoisotopic (exact) mass is 610 g/mol. The molecule has 36 heavy (non-hydrogen) atoms. The molecule has 0 aliphatic carbocycles. The maximum atomic E-state index is 2.38. The van der Waals surface area contributed by atoms with Gasteiger partial charge in [0.2, 0.25) is 0 Å². The molecule has 5 rings (SSSR count). The molecule has 0 heterocycles. The third-order valence-electron chi connectivity index (χ3n) is 5.99. The van der Waals surface area contributed by atoms with Gasteiger partial charge in [0, 0.05) is 9.52 Å². The summed E-state index contributed by atoms with van der Waals surface area (Å²) in [7, 11) is 1.08. The molecule has 0 unspecified atom stereocenters. The Morgan fingerprint density at radius 2 is 1.06 bits per heavy atom. The third-order valence-corrected chi connectivity index (χ3v) is 5.99. The van der Waals surface area contributed by atoms with E-state index in [1.165, 1.54) is 43.4 Å². The molecule has 0 bridgehead atoms. The van der Waals surface area contributed by atoms with E-state index in [4.69, 9.17) is 0 Å². The first-order valence-corrected chi connectivity index (χ1v) is 13.9. The first-order chi connectivity index (χ1) is 15.5. The fourth-order valence-corrected chi connectivity index (χ4v) is 4.00. The summed E-state index contributed by atoms with van der Waals surface area (Å²) in [6, 6.07) is 30.8. The second kappa shape index (κ2) is 14.7. The van der Waals surface area contributed by atoms with Gasteiger partial charge in [-0.05, 0) is 10.8 Å². The molecule has 2 radical (unpaired) electrons. The Kier molecular flexibility index (Phi) is 14.2. The van der Waals surface area contributed by atoms with Gasteiger partial charge in [-0.15, -0.1) is 69.4 Å². The predicted molar refractivity (Wildman–Crippen MR) is 151 cm³/mol. The van der Waals surface area contributed by atoms with E-state index in [2.05, 4.69) is 140 Å². The molecule has 4 heteroatoms. The molecule has 0 nitrogen and oxygen atoms in total. The third kappa shape index (κ3) is 8.70. The van der Waals surface area contributed by atoms with E-state index < -0.39 is 0 Å². The van der Waals surface area contributed by atoms with Crippen molar-refractivity contribution in [2.75, 3.05) is 0 Å². The van der Waals surface area contributed by atoms with Crippen molar-refractivity contribution in [3.63, 3.8) is 0 Å². The van der Waals surface area contributed by atoms with Crippen molar-refractivity contribution in [1.82, 2.24) is 0 Å². The van der Waals surface area contributed by atoms with Crippen molar-refractivity contribution in [1.29, 1.82) is 0 Å². The van der Waals surface area contributed by atoms with Gasteiger partial charge >= 0.3 is 26.2 Å². The molecule has 5 aromatic rings. The summed E-state index contributed by atoms with van der Waals surface area (Å²) >= 11 is 0. The molecular weight excluding hydrogens is 575 g/mol. The summed E-state index contributed by atoms with van der Waals surface area (Å²) in [6.07, 6.45) is 0. The fraction of sp³-hybridized carbons (Fsp3) is 0.312. The van der Waals surface area contributed by atoms with Crippen molar-refractivity contribution < 1.29 is 51.0 Å². The van der Waals surface area contributed by atoms with Crippen molar-refractivity contribution in [2.45, 2.75) is 65.5 Å².